The Labute approximate surface area is 143 Å². The van der Waals surface area contributed by atoms with E-state index in [2.05, 4.69) is 4.90 Å². The summed E-state index contributed by atoms with van der Waals surface area (Å²) in [6.07, 6.45) is 5.02. The van der Waals surface area contributed by atoms with Crippen LogP contribution in [-0.4, -0.2) is 66.2 Å². The van der Waals surface area contributed by atoms with Gasteiger partial charge in [-0.05, 0) is 43.9 Å². The number of amides is 1. The molecule has 0 aromatic carbocycles. The first kappa shape index (κ1) is 17.2. The number of aryl methyl sites for hydroxylation is 1. The first-order chi connectivity index (χ1) is 11.6. The van der Waals surface area contributed by atoms with E-state index < -0.39 is 0 Å². The van der Waals surface area contributed by atoms with Gasteiger partial charge in [-0.25, -0.2) is 0 Å². The van der Waals surface area contributed by atoms with Crippen LogP contribution in [0.25, 0.3) is 0 Å². The van der Waals surface area contributed by atoms with Gasteiger partial charge in [-0.3, -0.25) is 9.59 Å². The molecule has 2 aliphatic heterocycles. The summed E-state index contributed by atoms with van der Waals surface area (Å²) in [6, 6.07) is 3.38. The molecule has 1 aromatic rings. The average Bonchev–Trinajstić information content (AvgIpc) is 2.83. The molecule has 2 fully saturated rings. The van der Waals surface area contributed by atoms with E-state index in [1.165, 1.54) is 11.0 Å². The first-order valence-corrected chi connectivity index (χ1v) is 8.90. The summed E-state index contributed by atoms with van der Waals surface area (Å²) in [6.45, 7) is 6.08. The van der Waals surface area contributed by atoms with Gasteiger partial charge in [0.05, 0.1) is 6.61 Å². The fourth-order valence-corrected chi connectivity index (χ4v) is 3.60. The summed E-state index contributed by atoms with van der Waals surface area (Å²) in [5, 5.41) is 0. The third-order valence-corrected chi connectivity index (χ3v) is 5.00. The van der Waals surface area contributed by atoms with Crippen LogP contribution in [0.15, 0.2) is 23.1 Å². The van der Waals surface area contributed by atoms with Gasteiger partial charge in [0, 0.05) is 46.0 Å². The number of hydrogen-bond donors (Lipinski definition) is 0. The lowest BCUT2D eigenvalue weighted by Gasteiger charge is -2.28. The molecule has 1 atom stereocenters. The molecule has 2 saturated heterocycles. The van der Waals surface area contributed by atoms with Crippen LogP contribution in [0.2, 0.25) is 0 Å². The van der Waals surface area contributed by atoms with E-state index in [0.29, 0.717) is 19.0 Å². The van der Waals surface area contributed by atoms with Crippen LogP contribution in [-0.2, 0) is 11.8 Å². The van der Waals surface area contributed by atoms with Crippen LogP contribution in [0.3, 0.4) is 0 Å². The summed E-state index contributed by atoms with van der Waals surface area (Å²) in [5.41, 5.74) is 0.0529. The van der Waals surface area contributed by atoms with E-state index in [1.54, 1.807) is 25.4 Å². The lowest BCUT2D eigenvalue weighted by Crippen LogP contribution is -2.39. The van der Waals surface area contributed by atoms with Gasteiger partial charge in [0.1, 0.15) is 5.56 Å². The highest BCUT2D eigenvalue weighted by Gasteiger charge is 2.24. The fraction of sp³-hybridized carbons (Fsp3) is 0.667. The highest BCUT2D eigenvalue weighted by atomic mass is 16.5. The van der Waals surface area contributed by atoms with Gasteiger partial charge in [0.2, 0.25) is 0 Å². The van der Waals surface area contributed by atoms with Crippen molar-refractivity contribution < 1.29 is 9.53 Å². The zero-order chi connectivity index (χ0) is 16.9. The van der Waals surface area contributed by atoms with E-state index in [-0.39, 0.29) is 17.0 Å². The van der Waals surface area contributed by atoms with Gasteiger partial charge >= 0.3 is 0 Å². The van der Waals surface area contributed by atoms with Gasteiger partial charge in [0.25, 0.3) is 11.5 Å². The smallest absolute Gasteiger partial charge is 0.263 e. The van der Waals surface area contributed by atoms with Crippen molar-refractivity contribution in [3.05, 3.63) is 34.2 Å². The Morgan fingerprint density at radius 3 is 2.92 bits per heavy atom. The number of pyridine rings is 1. The molecule has 2 aliphatic rings. The van der Waals surface area contributed by atoms with Gasteiger partial charge in [-0.1, -0.05) is 0 Å². The molecule has 1 unspecified atom stereocenters. The molecule has 6 heteroatoms. The van der Waals surface area contributed by atoms with Gasteiger partial charge in [0.15, 0.2) is 0 Å². The van der Waals surface area contributed by atoms with E-state index in [1.807, 2.05) is 4.90 Å². The lowest BCUT2D eigenvalue weighted by molar-refractivity contribution is 0.0389. The Morgan fingerprint density at radius 2 is 2.12 bits per heavy atom. The highest BCUT2D eigenvalue weighted by molar-refractivity contribution is 5.93. The standard InChI is InChI=1S/C18H27N3O3/c1-19-7-2-6-16(17(19)22)18(23)21-9-4-8-20(10-11-21)13-15-5-3-12-24-14-15/h2,6-7,15H,3-5,8-14H2,1H3. The normalized spacial score (nSPS) is 23.0. The zero-order valence-corrected chi connectivity index (χ0v) is 14.4. The SMILES string of the molecule is Cn1cccc(C(=O)N2CCCN(CC3CCCOC3)CC2)c1=O. The molecular formula is C18H27N3O3. The van der Waals surface area contributed by atoms with E-state index in [4.69, 9.17) is 4.74 Å². The van der Waals surface area contributed by atoms with Crippen LogP contribution in [0, 0.1) is 5.92 Å². The predicted octanol–water partition coefficient (Wildman–Crippen LogP) is 0.960. The summed E-state index contributed by atoms with van der Waals surface area (Å²) < 4.78 is 7.03. The lowest BCUT2D eigenvalue weighted by atomic mass is 10.0. The topological polar surface area (TPSA) is 54.8 Å². The van der Waals surface area contributed by atoms with E-state index >= 15 is 0 Å². The maximum Gasteiger partial charge on any atom is 0.263 e. The number of hydrogen-bond acceptors (Lipinski definition) is 4. The molecule has 0 spiro atoms. The van der Waals surface area contributed by atoms with E-state index in [9.17, 15) is 9.59 Å². The molecule has 6 nitrogen and oxygen atoms in total. The molecule has 0 aliphatic carbocycles. The molecule has 0 bridgehead atoms. The van der Waals surface area contributed by atoms with Crippen LogP contribution in [0.1, 0.15) is 29.6 Å². The second kappa shape index (κ2) is 7.94. The average molecular weight is 333 g/mol. The van der Waals surface area contributed by atoms with Crippen LogP contribution >= 0.6 is 0 Å². The highest BCUT2D eigenvalue weighted by Crippen LogP contribution is 2.16. The minimum atomic E-state index is -0.219. The van der Waals surface area contributed by atoms with Crippen molar-refractivity contribution >= 4 is 5.91 Å². The van der Waals surface area contributed by atoms with Crippen LogP contribution in [0.4, 0.5) is 0 Å². The molecular weight excluding hydrogens is 306 g/mol. The zero-order valence-electron chi connectivity index (χ0n) is 14.4. The Kier molecular flexibility index (Phi) is 5.68. The number of rotatable bonds is 3. The molecule has 132 valence electrons. The Morgan fingerprint density at radius 1 is 1.25 bits per heavy atom. The van der Waals surface area contributed by atoms with Crippen molar-refractivity contribution in [2.75, 3.05) is 45.9 Å². The van der Waals surface area contributed by atoms with Crippen molar-refractivity contribution in [2.24, 2.45) is 13.0 Å². The van der Waals surface area contributed by atoms with Crippen molar-refractivity contribution in [2.45, 2.75) is 19.3 Å². The van der Waals surface area contributed by atoms with Crippen molar-refractivity contribution in [1.82, 2.24) is 14.4 Å². The number of aromatic nitrogens is 1. The van der Waals surface area contributed by atoms with Crippen LogP contribution < -0.4 is 5.56 Å². The summed E-state index contributed by atoms with van der Waals surface area (Å²) >= 11 is 0. The molecule has 0 saturated carbocycles. The number of ether oxygens (including phenoxy) is 1. The van der Waals surface area contributed by atoms with Gasteiger partial charge in [-0.15, -0.1) is 0 Å². The predicted molar refractivity (Wildman–Crippen MR) is 92.2 cm³/mol. The molecule has 0 N–H and O–H groups in total. The third kappa shape index (κ3) is 4.05. The molecule has 3 heterocycles. The molecule has 1 aromatic heterocycles. The summed E-state index contributed by atoms with van der Waals surface area (Å²) in [5.74, 6) is 0.474. The monoisotopic (exact) mass is 333 g/mol. The Hall–Kier alpha value is -1.66. The van der Waals surface area contributed by atoms with E-state index in [0.717, 1.165) is 45.7 Å². The molecule has 24 heavy (non-hydrogen) atoms. The molecule has 0 radical (unpaired) electrons. The number of nitrogens with zero attached hydrogens (tertiary/aromatic N) is 3. The molecule has 3 rings (SSSR count). The maximum absolute atomic E-state index is 12.7. The molecule has 1 amide bonds. The Bertz CT molecular complexity index is 622. The minimum absolute atomic E-state index is 0.140. The summed E-state index contributed by atoms with van der Waals surface area (Å²) in [4.78, 5) is 29.1. The second-order valence-electron chi connectivity index (χ2n) is 6.87. The minimum Gasteiger partial charge on any atom is -0.381 e. The van der Waals surface area contributed by atoms with Crippen molar-refractivity contribution in [1.29, 1.82) is 0 Å². The number of carbonyl (C=O) groups is 1. The largest absolute Gasteiger partial charge is 0.381 e. The quantitative estimate of drug-likeness (QED) is 0.827. The van der Waals surface area contributed by atoms with Crippen molar-refractivity contribution in [3.8, 4) is 0 Å². The third-order valence-electron chi connectivity index (χ3n) is 5.00. The van der Waals surface area contributed by atoms with Crippen molar-refractivity contribution in [3.63, 3.8) is 0 Å². The number of carbonyl (C=O) groups excluding carboxylic acids is 1. The Balaban J connectivity index is 1.59. The summed E-state index contributed by atoms with van der Waals surface area (Å²) in [7, 11) is 1.68. The first-order valence-electron chi connectivity index (χ1n) is 8.90. The fourth-order valence-electron chi connectivity index (χ4n) is 3.60. The van der Waals surface area contributed by atoms with Crippen LogP contribution in [0.5, 0.6) is 0 Å². The maximum atomic E-state index is 12.7. The van der Waals surface area contributed by atoms with Gasteiger partial charge < -0.3 is 19.1 Å². The van der Waals surface area contributed by atoms with Gasteiger partial charge in [-0.2, -0.15) is 0 Å². The second-order valence-corrected chi connectivity index (χ2v) is 6.87.